The SMILES string of the molecule is CC(C)(C)OC(=O)N1CCC(Oc2ncnc(N3CCc4cc(S(C)(=O)=O)ccc43)n2)CC1. The molecule has 1 fully saturated rings. The summed E-state index contributed by atoms with van der Waals surface area (Å²) in [6, 6.07) is 5.33. The van der Waals surface area contributed by atoms with Gasteiger partial charge in [-0.2, -0.15) is 9.97 Å². The second-order valence-corrected chi connectivity index (χ2v) is 11.3. The van der Waals surface area contributed by atoms with Crippen LogP contribution in [0.25, 0.3) is 0 Å². The van der Waals surface area contributed by atoms with Crippen molar-refractivity contribution < 1.29 is 22.7 Å². The van der Waals surface area contributed by atoms with Crippen molar-refractivity contribution in [3.05, 3.63) is 30.1 Å². The minimum atomic E-state index is -3.26. The number of rotatable bonds is 4. The third-order valence-electron chi connectivity index (χ3n) is 5.52. The van der Waals surface area contributed by atoms with Crippen LogP contribution in [-0.4, -0.2) is 72.0 Å². The maximum absolute atomic E-state index is 12.2. The first-order valence-corrected chi connectivity index (χ1v) is 12.8. The van der Waals surface area contributed by atoms with E-state index in [0.717, 1.165) is 11.3 Å². The Morgan fingerprint density at radius 3 is 2.52 bits per heavy atom. The van der Waals surface area contributed by atoms with Gasteiger partial charge in [0.05, 0.1) is 4.90 Å². The molecular formula is C22H29N5O5S. The van der Waals surface area contributed by atoms with Gasteiger partial charge in [-0.1, -0.05) is 0 Å². The Balaban J connectivity index is 1.40. The molecule has 0 saturated carbocycles. The lowest BCUT2D eigenvalue weighted by Crippen LogP contribution is -2.44. The number of benzene rings is 1. The molecule has 0 atom stereocenters. The van der Waals surface area contributed by atoms with Gasteiger partial charge in [0.2, 0.25) is 5.95 Å². The molecule has 178 valence electrons. The quantitative estimate of drug-likeness (QED) is 0.658. The topological polar surface area (TPSA) is 115 Å². The predicted octanol–water partition coefficient (Wildman–Crippen LogP) is 2.75. The molecule has 11 heteroatoms. The van der Waals surface area contributed by atoms with Gasteiger partial charge in [0.25, 0.3) is 0 Å². The summed E-state index contributed by atoms with van der Waals surface area (Å²) in [6.45, 7) is 7.27. The average molecular weight is 476 g/mol. The summed E-state index contributed by atoms with van der Waals surface area (Å²) < 4.78 is 35.1. The summed E-state index contributed by atoms with van der Waals surface area (Å²) in [5, 5.41) is 0. The molecule has 0 aliphatic carbocycles. The highest BCUT2D eigenvalue weighted by atomic mass is 32.2. The largest absolute Gasteiger partial charge is 0.460 e. The van der Waals surface area contributed by atoms with E-state index in [0.29, 0.717) is 49.7 Å². The second kappa shape index (κ2) is 8.77. The molecule has 10 nitrogen and oxygen atoms in total. The lowest BCUT2D eigenvalue weighted by Gasteiger charge is -2.33. The summed E-state index contributed by atoms with van der Waals surface area (Å²) in [6.07, 6.45) is 4.20. The Bertz CT molecular complexity index is 1140. The van der Waals surface area contributed by atoms with Gasteiger partial charge in [0.15, 0.2) is 9.84 Å². The van der Waals surface area contributed by atoms with Crippen molar-refractivity contribution >= 4 is 27.6 Å². The molecule has 2 aliphatic heterocycles. The molecule has 0 bridgehead atoms. The maximum Gasteiger partial charge on any atom is 0.410 e. The Hall–Kier alpha value is -2.95. The molecule has 0 N–H and O–H groups in total. The van der Waals surface area contributed by atoms with E-state index in [1.165, 1.54) is 12.6 Å². The number of aromatic nitrogens is 3. The fraction of sp³-hybridized carbons (Fsp3) is 0.545. The standard InChI is InChI=1S/C22H29N5O5S/c1-22(2,3)32-21(28)26-10-8-16(9-11-26)31-20-24-14-23-19(25-20)27-12-7-15-13-17(33(4,29)30)5-6-18(15)27/h5-6,13-14,16H,7-12H2,1-4H3. The number of anilines is 2. The number of amides is 1. The first-order valence-electron chi connectivity index (χ1n) is 10.9. The molecular weight excluding hydrogens is 446 g/mol. The molecule has 1 aromatic heterocycles. The number of carbonyl (C=O) groups excluding carboxylic acids is 1. The summed E-state index contributed by atoms with van der Waals surface area (Å²) in [5.41, 5.74) is 1.30. The molecule has 0 unspecified atom stereocenters. The van der Waals surface area contributed by atoms with Crippen molar-refractivity contribution in [2.75, 3.05) is 30.8 Å². The number of hydrogen-bond donors (Lipinski definition) is 0. The Morgan fingerprint density at radius 1 is 1.12 bits per heavy atom. The van der Waals surface area contributed by atoms with Crippen molar-refractivity contribution in [1.29, 1.82) is 0 Å². The van der Waals surface area contributed by atoms with Crippen LogP contribution in [0.5, 0.6) is 6.01 Å². The van der Waals surface area contributed by atoms with E-state index >= 15 is 0 Å². The van der Waals surface area contributed by atoms with Crippen molar-refractivity contribution in [1.82, 2.24) is 19.9 Å². The summed E-state index contributed by atoms with van der Waals surface area (Å²) in [7, 11) is -3.26. The van der Waals surface area contributed by atoms with E-state index in [1.54, 1.807) is 23.1 Å². The number of hydrogen-bond acceptors (Lipinski definition) is 9. The zero-order valence-corrected chi connectivity index (χ0v) is 20.1. The molecule has 2 aliphatic rings. The van der Waals surface area contributed by atoms with E-state index in [4.69, 9.17) is 9.47 Å². The van der Waals surface area contributed by atoms with Crippen LogP contribution in [0.1, 0.15) is 39.2 Å². The van der Waals surface area contributed by atoms with Crippen molar-refractivity contribution in [2.45, 2.75) is 56.6 Å². The number of ether oxygens (including phenoxy) is 2. The van der Waals surface area contributed by atoms with E-state index < -0.39 is 15.4 Å². The van der Waals surface area contributed by atoms with Crippen LogP contribution < -0.4 is 9.64 Å². The number of piperidine rings is 1. The lowest BCUT2D eigenvalue weighted by atomic mass is 10.1. The number of likely N-dealkylation sites (tertiary alicyclic amines) is 1. The number of sulfone groups is 1. The van der Waals surface area contributed by atoms with Crippen LogP contribution in [-0.2, 0) is 21.0 Å². The second-order valence-electron chi connectivity index (χ2n) is 9.32. The van der Waals surface area contributed by atoms with Crippen molar-refractivity contribution in [3.63, 3.8) is 0 Å². The van der Waals surface area contributed by atoms with Crippen LogP contribution in [0.4, 0.5) is 16.4 Å². The van der Waals surface area contributed by atoms with Crippen LogP contribution in [0.3, 0.4) is 0 Å². The molecule has 3 heterocycles. The van der Waals surface area contributed by atoms with Gasteiger partial charge in [-0.3, -0.25) is 0 Å². The van der Waals surface area contributed by atoms with E-state index in [2.05, 4.69) is 15.0 Å². The molecule has 1 aromatic carbocycles. The number of carbonyl (C=O) groups is 1. The summed E-state index contributed by atoms with van der Waals surface area (Å²) in [5.74, 6) is 0.456. The highest BCUT2D eigenvalue weighted by molar-refractivity contribution is 7.90. The maximum atomic E-state index is 12.2. The number of fused-ring (bicyclic) bond motifs is 1. The Morgan fingerprint density at radius 2 is 1.85 bits per heavy atom. The van der Waals surface area contributed by atoms with Crippen molar-refractivity contribution in [3.8, 4) is 6.01 Å². The molecule has 2 aromatic rings. The highest BCUT2D eigenvalue weighted by Gasteiger charge is 2.29. The van der Waals surface area contributed by atoms with E-state index in [1.807, 2.05) is 25.7 Å². The van der Waals surface area contributed by atoms with E-state index in [-0.39, 0.29) is 18.2 Å². The van der Waals surface area contributed by atoms with Gasteiger partial charge < -0.3 is 19.3 Å². The summed E-state index contributed by atoms with van der Waals surface area (Å²) >= 11 is 0. The molecule has 33 heavy (non-hydrogen) atoms. The zero-order valence-electron chi connectivity index (χ0n) is 19.3. The Labute approximate surface area is 193 Å². The predicted molar refractivity (Wildman–Crippen MR) is 122 cm³/mol. The van der Waals surface area contributed by atoms with Gasteiger partial charge in [0, 0.05) is 44.4 Å². The van der Waals surface area contributed by atoms with Crippen LogP contribution in [0.15, 0.2) is 29.4 Å². The first kappa shape index (κ1) is 23.2. The molecule has 0 radical (unpaired) electrons. The van der Waals surface area contributed by atoms with Crippen LogP contribution in [0.2, 0.25) is 0 Å². The minimum absolute atomic E-state index is 0.109. The highest BCUT2D eigenvalue weighted by Crippen LogP contribution is 2.34. The van der Waals surface area contributed by atoms with Crippen molar-refractivity contribution in [2.24, 2.45) is 0 Å². The fourth-order valence-corrected chi connectivity index (χ4v) is 4.58. The minimum Gasteiger partial charge on any atom is -0.460 e. The third kappa shape index (κ3) is 5.52. The van der Waals surface area contributed by atoms with Crippen LogP contribution >= 0.6 is 0 Å². The van der Waals surface area contributed by atoms with Gasteiger partial charge in [0.1, 0.15) is 18.0 Å². The van der Waals surface area contributed by atoms with Gasteiger partial charge >= 0.3 is 12.1 Å². The first-order chi connectivity index (χ1) is 15.5. The smallest absolute Gasteiger partial charge is 0.410 e. The molecule has 4 rings (SSSR count). The zero-order chi connectivity index (χ0) is 23.8. The van der Waals surface area contributed by atoms with E-state index in [9.17, 15) is 13.2 Å². The lowest BCUT2D eigenvalue weighted by molar-refractivity contribution is 0.0119. The molecule has 0 spiro atoms. The third-order valence-corrected chi connectivity index (χ3v) is 6.63. The monoisotopic (exact) mass is 475 g/mol. The van der Waals surface area contributed by atoms with Gasteiger partial charge in [-0.25, -0.2) is 18.2 Å². The number of nitrogens with zero attached hydrogens (tertiary/aromatic N) is 5. The average Bonchev–Trinajstić information content (AvgIpc) is 3.16. The fourth-order valence-electron chi connectivity index (χ4n) is 3.91. The summed E-state index contributed by atoms with van der Waals surface area (Å²) in [4.78, 5) is 29.1. The molecule has 1 saturated heterocycles. The van der Waals surface area contributed by atoms with Gasteiger partial charge in [-0.15, -0.1) is 0 Å². The molecule has 1 amide bonds. The normalized spacial score (nSPS) is 17.1. The van der Waals surface area contributed by atoms with Gasteiger partial charge in [-0.05, 0) is 51.0 Å². The van der Waals surface area contributed by atoms with Crippen LogP contribution in [0, 0.1) is 0 Å². The Kier molecular flexibility index (Phi) is 6.17.